The number of amides is 1. The zero-order valence-electron chi connectivity index (χ0n) is 8.46. The van der Waals surface area contributed by atoms with Gasteiger partial charge in [0.05, 0.1) is 5.69 Å². The van der Waals surface area contributed by atoms with Gasteiger partial charge in [0, 0.05) is 0 Å². The average molecular weight is 208 g/mol. The Labute approximate surface area is 87.8 Å². The first-order chi connectivity index (χ1) is 7.02. The monoisotopic (exact) mass is 208 g/mol. The standard InChI is InChI=1S/C11H13FN2O/c1-7(2)10(11(13)15)14-9-6-4-3-5-8(9)12/h3-6,10,14H,1H2,2H3,(H2,13,15). The molecule has 15 heavy (non-hydrogen) atoms. The van der Waals surface area contributed by atoms with Gasteiger partial charge >= 0.3 is 0 Å². The molecule has 0 fully saturated rings. The lowest BCUT2D eigenvalue weighted by molar-refractivity contribution is -0.118. The van der Waals surface area contributed by atoms with E-state index in [9.17, 15) is 9.18 Å². The van der Waals surface area contributed by atoms with E-state index in [1.165, 1.54) is 12.1 Å². The minimum Gasteiger partial charge on any atom is -0.368 e. The fourth-order valence-electron chi connectivity index (χ4n) is 1.17. The molecule has 0 saturated heterocycles. The Morgan fingerprint density at radius 2 is 2.13 bits per heavy atom. The van der Waals surface area contributed by atoms with Gasteiger partial charge in [0.15, 0.2) is 0 Å². The molecule has 1 atom stereocenters. The topological polar surface area (TPSA) is 55.1 Å². The molecule has 0 aliphatic rings. The molecule has 0 aliphatic heterocycles. The quantitative estimate of drug-likeness (QED) is 0.739. The summed E-state index contributed by atoms with van der Waals surface area (Å²) < 4.78 is 13.2. The smallest absolute Gasteiger partial charge is 0.244 e. The molecule has 1 amide bonds. The Morgan fingerprint density at radius 3 is 2.60 bits per heavy atom. The van der Waals surface area contributed by atoms with Gasteiger partial charge in [0.2, 0.25) is 5.91 Å². The number of nitrogens with one attached hydrogen (secondary N) is 1. The maximum Gasteiger partial charge on any atom is 0.244 e. The average Bonchev–Trinajstić information content (AvgIpc) is 2.15. The second kappa shape index (κ2) is 4.59. The van der Waals surface area contributed by atoms with Gasteiger partial charge in [-0.05, 0) is 24.6 Å². The van der Waals surface area contributed by atoms with Crippen molar-refractivity contribution in [2.45, 2.75) is 13.0 Å². The number of hydrogen-bond donors (Lipinski definition) is 2. The number of para-hydroxylation sites is 1. The van der Waals surface area contributed by atoms with Crippen LogP contribution in [0.1, 0.15) is 6.92 Å². The Hall–Kier alpha value is -1.84. The molecule has 0 radical (unpaired) electrons. The Bertz CT molecular complexity index is 376. The highest BCUT2D eigenvalue weighted by Gasteiger charge is 2.16. The molecule has 3 N–H and O–H groups in total. The number of anilines is 1. The number of nitrogens with two attached hydrogens (primary N) is 1. The third-order valence-corrected chi connectivity index (χ3v) is 1.95. The largest absolute Gasteiger partial charge is 0.368 e. The van der Waals surface area contributed by atoms with Crippen molar-refractivity contribution in [1.29, 1.82) is 0 Å². The first-order valence-corrected chi connectivity index (χ1v) is 4.48. The molecule has 1 unspecified atom stereocenters. The van der Waals surface area contributed by atoms with Gasteiger partial charge in [-0.3, -0.25) is 4.79 Å². The fraction of sp³-hybridized carbons (Fsp3) is 0.182. The molecule has 4 heteroatoms. The third-order valence-electron chi connectivity index (χ3n) is 1.95. The summed E-state index contributed by atoms with van der Waals surface area (Å²) in [6.07, 6.45) is 0. The van der Waals surface area contributed by atoms with Crippen molar-refractivity contribution in [1.82, 2.24) is 0 Å². The highest BCUT2D eigenvalue weighted by Crippen LogP contribution is 2.15. The van der Waals surface area contributed by atoms with Crippen molar-refractivity contribution in [3.8, 4) is 0 Å². The van der Waals surface area contributed by atoms with Crippen LogP contribution in [0.15, 0.2) is 36.4 Å². The predicted octanol–water partition coefficient (Wildman–Crippen LogP) is 1.67. The van der Waals surface area contributed by atoms with Crippen LogP contribution < -0.4 is 11.1 Å². The van der Waals surface area contributed by atoms with Crippen LogP contribution in [0, 0.1) is 5.82 Å². The highest BCUT2D eigenvalue weighted by atomic mass is 19.1. The summed E-state index contributed by atoms with van der Waals surface area (Å²) in [6.45, 7) is 5.27. The van der Waals surface area contributed by atoms with Crippen molar-refractivity contribution in [2.24, 2.45) is 5.73 Å². The maximum absolute atomic E-state index is 13.2. The van der Waals surface area contributed by atoms with Crippen molar-refractivity contribution in [3.63, 3.8) is 0 Å². The van der Waals surface area contributed by atoms with Crippen LogP contribution in [-0.4, -0.2) is 11.9 Å². The number of carbonyl (C=O) groups excluding carboxylic acids is 1. The van der Waals surface area contributed by atoms with Crippen molar-refractivity contribution >= 4 is 11.6 Å². The molecule has 3 nitrogen and oxygen atoms in total. The van der Waals surface area contributed by atoms with E-state index in [0.717, 1.165) is 0 Å². The lowest BCUT2D eigenvalue weighted by Gasteiger charge is -2.16. The Kier molecular flexibility index (Phi) is 3.44. The van der Waals surface area contributed by atoms with E-state index >= 15 is 0 Å². The highest BCUT2D eigenvalue weighted by molar-refractivity contribution is 5.86. The van der Waals surface area contributed by atoms with Gasteiger partial charge in [-0.15, -0.1) is 0 Å². The van der Waals surface area contributed by atoms with Crippen LogP contribution in [0.4, 0.5) is 10.1 Å². The Morgan fingerprint density at radius 1 is 1.53 bits per heavy atom. The lowest BCUT2D eigenvalue weighted by atomic mass is 10.1. The number of benzene rings is 1. The first-order valence-electron chi connectivity index (χ1n) is 4.48. The van der Waals surface area contributed by atoms with Gasteiger partial charge in [-0.2, -0.15) is 0 Å². The SMILES string of the molecule is C=C(C)C(Nc1ccccc1F)C(N)=O. The molecule has 0 aromatic heterocycles. The second-order valence-electron chi connectivity index (χ2n) is 3.31. The molecule has 0 bridgehead atoms. The van der Waals surface area contributed by atoms with Crippen molar-refractivity contribution in [3.05, 3.63) is 42.2 Å². The minimum absolute atomic E-state index is 0.240. The van der Waals surface area contributed by atoms with Gasteiger partial charge in [0.1, 0.15) is 11.9 Å². The number of hydrogen-bond acceptors (Lipinski definition) is 2. The summed E-state index contributed by atoms with van der Waals surface area (Å²) >= 11 is 0. The van der Waals surface area contributed by atoms with E-state index in [1.807, 2.05) is 0 Å². The maximum atomic E-state index is 13.2. The summed E-state index contributed by atoms with van der Waals surface area (Å²) in [4.78, 5) is 11.0. The van der Waals surface area contributed by atoms with Crippen LogP contribution in [0.5, 0.6) is 0 Å². The van der Waals surface area contributed by atoms with Crippen LogP contribution >= 0.6 is 0 Å². The zero-order valence-corrected chi connectivity index (χ0v) is 8.46. The van der Waals surface area contributed by atoms with E-state index in [1.54, 1.807) is 19.1 Å². The van der Waals surface area contributed by atoms with Gasteiger partial charge in [0.25, 0.3) is 0 Å². The molecule has 1 aromatic carbocycles. The predicted molar refractivity (Wildman–Crippen MR) is 57.8 cm³/mol. The van der Waals surface area contributed by atoms with E-state index in [0.29, 0.717) is 5.57 Å². The molecule has 80 valence electrons. The number of carbonyl (C=O) groups is 1. The second-order valence-corrected chi connectivity index (χ2v) is 3.31. The summed E-state index contributed by atoms with van der Waals surface area (Å²) in [5.74, 6) is -1.00. The molecule has 0 saturated carbocycles. The van der Waals surface area contributed by atoms with Crippen LogP contribution in [-0.2, 0) is 4.79 Å². The third kappa shape index (κ3) is 2.80. The molecular weight excluding hydrogens is 195 g/mol. The summed E-state index contributed by atoms with van der Waals surface area (Å²) in [5, 5.41) is 2.70. The summed E-state index contributed by atoms with van der Waals surface area (Å²) in [5.41, 5.74) is 5.94. The fourth-order valence-corrected chi connectivity index (χ4v) is 1.17. The van der Waals surface area contributed by atoms with E-state index in [4.69, 9.17) is 5.73 Å². The summed E-state index contributed by atoms with van der Waals surface area (Å²) in [6, 6.07) is 5.33. The Balaban J connectivity index is 2.88. The molecule has 0 heterocycles. The number of primary amides is 1. The normalized spacial score (nSPS) is 11.9. The number of rotatable bonds is 4. The lowest BCUT2D eigenvalue weighted by Crippen LogP contribution is -2.36. The van der Waals surface area contributed by atoms with E-state index in [2.05, 4.69) is 11.9 Å². The number of halogens is 1. The minimum atomic E-state index is -0.748. The molecular formula is C11H13FN2O. The van der Waals surface area contributed by atoms with Crippen LogP contribution in [0.2, 0.25) is 0 Å². The summed E-state index contributed by atoms with van der Waals surface area (Å²) in [7, 11) is 0. The molecule has 1 rings (SSSR count). The van der Waals surface area contributed by atoms with Crippen molar-refractivity contribution < 1.29 is 9.18 Å². The van der Waals surface area contributed by atoms with Crippen LogP contribution in [0.3, 0.4) is 0 Å². The zero-order chi connectivity index (χ0) is 11.4. The van der Waals surface area contributed by atoms with E-state index in [-0.39, 0.29) is 5.69 Å². The van der Waals surface area contributed by atoms with Gasteiger partial charge in [-0.1, -0.05) is 18.7 Å². The first kappa shape index (κ1) is 11.2. The van der Waals surface area contributed by atoms with Crippen molar-refractivity contribution in [2.75, 3.05) is 5.32 Å². The molecule has 1 aromatic rings. The van der Waals surface area contributed by atoms with Crippen LogP contribution in [0.25, 0.3) is 0 Å². The molecule has 0 aliphatic carbocycles. The van der Waals surface area contributed by atoms with Gasteiger partial charge in [-0.25, -0.2) is 4.39 Å². The molecule has 0 spiro atoms. The van der Waals surface area contributed by atoms with Gasteiger partial charge < -0.3 is 11.1 Å². The van der Waals surface area contributed by atoms with E-state index < -0.39 is 17.8 Å².